The molecule has 0 unspecified atom stereocenters. The van der Waals surface area contributed by atoms with Crippen molar-refractivity contribution in [3.8, 4) is 0 Å². The first kappa shape index (κ1) is 18.3. The topological polar surface area (TPSA) is 68.5 Å². The Kier molecular flexibility index (Phi) is 5.81. The predicted octanol–water partition coefficient (Wildman–Crippen LogP) is 4.26. The molecule has 0 aliphatic rings. The number of amides is 1. The lowest BCUT2D eigenvalue weighted by atomic mass is 10.1. The van der Waals surface area contributed by atoms with Crippen LogP contribution in [0, 0.1) is 0 Å². The molecule has 0 fully saturated rings. The number of rotatable bonds is 6. The van der Waals surface area contributed by atoms with E-state index in [0.717, 1.165) is 10.9 Å². The van der Waals surface area contributed by atoms with Crippen molar-refractivity contribution in [1.82, 2.24) is 5.32 Å². The van der Waals surface area contributed by atoms with Crippen LogP contribution in [0.25, 0.3) is 11.0 Å². The minimum absolute atomic E-state index is 0.0620. The van der Waals surface area contributed by atoms with Gasteiger partial charge in [-0.05, 0) is 36.2 Å². The minimum Gasteiger partial charge on any atom is -0.450 e. The minimum atomic E-state index is -0.683. The van der Waals surface area contributed by atoms with Gasteiger partial charge in [0.15, 0.2) is 6.61 Å². The Balaban J connectivity index is 1.45. The van der Waals surface area contributed by atoms with Gasteiger partial charge in [0.05, 0.1) is 0 Å². The van der Waals surface area contributed by atoms with Crippen LogP contribution in [0.5, 0.6) is 0 Å². The third-order valence-corrected chi connectivity index (χ3v) is 4.28. The van der Waals surface area contributed by atoms with E-state index in [4.69, 9.17) is 32.4 Å². The number of ether oxygens (including phenoxy) is 1. The fourth-order valence-electron chi connectivity index (χ4n) is 2.40. The molecule has 134 valence electrons. The molecule has 0 saturated carbocycles. The molecule has 0 bridgehead atoms. The second-order valence-electron chi connectivity index (χ2n) is 5.56. The number of nitrogens with one attached hydrogen (secondary N) is 1. The van der Waals surface area contributed by atoms with Gasteiger partial charge in [-0.1, -0.05) is 47.5 Å². The molecule has 5 nitrogen and oxygen atoms in total. The Labute approximate surface area is 159 Å². The highest BCUT2D eigenvalue weighted by molar-refractivity contribution is 6.35. The highest BCUT2D eigenvalue weighted by Gasteiger charge is 2.15. The van der Waals surface area contributed by atoms with Gasteiger partial charge < -0.3 is 14.5 Å². The van der Waals surface area contributed by atoms with Gasteiger partial charge in [0, 0.05) is 22.0 Å². The molecular formula is C19H15Cl2NO4. The first-order chi connectivity index (χ1) is 12.5. The second-order valence-corrected chi connectivity index (χ2v) is 6.40. The maximum Gasteiger partial charge on any atom is 0.374 e. The maximum absolute atomic E-state index is 12.0. The van der Waals surface area contributed by atoms with Crippen molar-refractivity contribution < 1.29 is 18.7 Å². The molecule has 0 atom stereocenters. The van der Waals surface area contributed by atoms with Crippen LogP contribution in [0.3, 0.4) is 0 Å². The van der Waals surface area contributed by atoms with E-state index in [2.05, 4.69) is 5.32 Å². The average Bonchev–Trinajstić information content (AvgIpc) is 3.06. The molecule has 3 aromatic rings. The molecule has 3 rings (SSSR count). The van der Waals surface area contributed by atoms with Gasteiger partial charge in [-0.2, -0.15) is 0 Å². The van der Waals surface area contributed by atoms with E-state index >= 15 is 0 Å². The normalized spacial score (nSPS) is 10.7. The fraction of sp³-hybridized carbons (Fsp3) is 0.158. The summed E-state index contributed by atoms with van der Waals surface area (Å²) in [6.07, 6.45) is 0.541. The summed E-state index contributed by atoms with van der Waals surface area (Å²) in [7, 11) is 0. The van der Waals surface area contributed by atoms with Gasteiger partial charge in [0.2, 0.25) is 5.76 Å². The standard InChI is InChI=1S/C19H15Cl2NO4/c20-14-6-5-12(15(21)10-14)7-8-22-18(23)11-25-19(24)17-9-13-3-1-2-4-16(13)26-17/h1-6,9-10H,7-8,11H2,(H,22,23). The molecule has 0 aliphatic carbocycles. The van der Waals surface area contributed by atoms with E-state index in [0.29, 0.717) is 28.6 Å². The van der Waals surface area contributed by atoms with Crippen LogP contribution >= 0.6 is 23.2 Å². The van der Waals surface area contributed by atoms with Gasteiger partial charge in [-0.25, -0.2) is 4.79 Å². The largest absolute Gasteiger partial charge is 0.450 e. The monoisotopic (exact) mass is 391 g/mol. The van der Waals surface area contributed by atoms with Gasteiger partial charge in [-0.3, -0.25) is 4.79 Å². The molecule has 0 aliphatic heterocycles. The third kappa shape index (κ3) is 4.56. The van der Waals surface area contributed by atoms with E-state index in [1.807, 2.05) is 12.1 Å². The number of para-hydroxylation sites is 1. The van der Waals surface area contributed by atoms with Gasteiger partial charge in [-0.15, -0.1) is 0 Å². The molecule has 1 amide bonds. The number of esters is 1. The Hall–Kier alpha value is -2.50. The van der Waals surface area contributed by atoms with Crippen molar-refractivity contribution in [1.29, 1.82) is 0 Å². The molecule has 26 heavy (non-hydrogen) atoms. The van der Waals surface area contributed by atoms with Crippen LogP contribution in [0.4, 0.5) is 0 Å². The predicted molar refractivity (Wildman–Crippen MR) is 99.7 cm³/mol. The molecule has 7 heteroatoms. The summed E-state index contributed by atoms with van der Waals surface area (Å²) in [4.78, 5) is 23.8. The fourth-order valence-corrected chi connectivity index (χ4v) is 2.90. The van der Waals surface area contributed by atoms with E-state index in [1.54, 1.807) is 36.4 Å². The number of halogens is 2. The van der Waals surface area contributed by atoms with E-state index < -0.39 is 11.9 Å². The Morgan fingerprint density at radius 1 is 1.08 bits per heavy atom. The van der Waals surface area contributed by atoms with Crippen LogP contribution < -0.4 is 5.32 Å². The van der Waals surface area contributed by atoms with Gasteiger partial charge >= 0.3 is 5.97 Å². The van der Waals surface area contributed by atoms with Crippen molar-refractivity contribution in [3.05, 3.63) is 69.9 Å². The van der Waals surface area contributed by atoms with Crippen molar-refractivity contribution in [2.45, 2.75) is 6.42 Å². The summed E-state index contributed by atoms with van der Waals surface area (Å²) in [5, 5.41) is 4.56. The Morgan fingerprint density at radius 3 is 2.65 bits per heavy atom. The van der Waals surface area contributed by atoms with Crippen molar-refractivity contribution in [3.63, 3.8) is 0 Å². The number of fused-ring (bicyclic) bond motifs is 1. The van der Waals surface area contributed by atoms with Gasteiger partial charge in [0.1, 0.15) is 5.58 Å². The second kappa shape index (κ2) is 8.25. The zero-order valence-electron chi connectivity index (χ0n) is 13.6. The SMILES string of the molecule is O=C(COC(=O)c1cc2ccccc2o1)NCCc1ccc(Cl)cc1Cl. The molecule has 1 N–H and O–H groups in total. The highest BCUT2D eigenvalue weighted by Crippen LogP contribution is 2.21. The number of hydrogen-bond donors (Lipinski definition) is 1. The quantitative estimate of drug-likeness (QED) is 0.637. The number of carbonyl (C=O) groups excluding carboxylic acids is 2. The lowest BCUT2D eigenvalue weighted by molar-refractivity contribution is -0.124. The Bertz CT molecular complexity index is 919. The van der Waals surface area contributed by atoms with E-state index in [-0.39, 0.29) is 12.4 Å². The molecule has 2 aromatic carbocycles. The van der Waals surface area contributed by atoms with Crippen LogP contribution in [0.1, 0.15) is 16.1 Å². The molecule has 0 spiro atoms. The Morgan fingerprint density at radius 2 is 1.88 bits per heavy atom. The molecular weight excluding hydrogens is 377 g/mol. The number of benzene rings is 2. The summed E-state index contributed by atoms with van der Waals surface area (Å²) < 4.78 is 10.4. The first-order valence-corrected chi connectivity index (χ1v) is 8.65. The third-order valence-electron chi connectivity index (χ3n) is 3.69. The van der Waals surface area contributed by atoms with Gasteiger partial charge in [0.25, 0.3) is 5.91 Å². The summed E-state index contributed by atoms with van der Waals surface area (Å²) >= 11 is 11.9. The smallest absolute Gasteiger partial charge is 0.374 e. The van der Waals surface area contributed by atoms with Crippen molar-refractivity contribution in [2.24, 2.45) is 0 Å². The van der Waals surface area contributed by atoms with Crippen LogP contribution in [-0.4, -0.2) is 25.0 Å². The highest BCUT2D eigenvalue weighted by atomic mass is 35.5. The maximum atomic E-state index is 12.0. The zero-order valence-corrected chi connectivity index (χ0v) is 15.1. The summed E-state index contributed by atoms with van der Waals surface area (Å²) in [6.45, 7) is -0.0212. The van der Waals surface area contributed by atoms with E-state index in [9.17, 15) is 9.59 Å². The summed E-state index contributed by atoms with van der Waals surface area (Å²) in [5.41, 5.74) is 1.46. The molecule has 0 radical (unpaired) electrons. The zero-order chi connectivity index (χ0) is 18.5. The molecule has 1 heterocycles. The summed E-state index contributed by atoms with van der Waals surface area (Å²) in [5.74, 6) is -1.02. The van der Waals surface area contributed by atoms with Crippen molar-refractivity contribution >= 4 is 46.0 Å². The first-order valence-electron chi connectivity index (χ1n) is 7.89. The van der Waals surface area contributed by atoms with E-state index in [1.165, 1.54) is 0 Å². The number of carbonyl (C=O) groups is 2. The van der Waals surface area contributed by atoms with Crippen molar-refractivity contribution in [2.75, 3.05) is 13.2 Å². The lowest BCUT2D eigenvalue weighted by Gasteiger charge is -2.07. The average molecular weight is 392 g/mol. The lowest BCUT2D eigenvalue weighted by Crippen LogP contribution is -2.30. The molecule has 1 aromatic heterocycles. The van der Waals surface area contributed by atoms with Crippen LogP contribution in [0.15, 0.2) is 52.9 Å². The number of hydrogen-bond acceptors (Lipinski definition) is 4. The van der Waals surface area contributed by atoms with Crippen LogP contribution in [0.2, 0.25) is 10.0 Å². The summed E-state index contributed by atoms with van der Waals surface area (Å²) in [6, 6.07) is 14.0. The molecule has 0 saturated heterocycles. The number of furan rings is 1. The van der Waals surface area contributed by atoms with Crippen LogP contribution in [-0.2, 0) is 16.0 Å².